The van der Waals surface area contributed by atoms with Crippen molar-refractivity contribution in [2.45, 2.75) is 159 Å². The van der Waals surface area contributed by atoms with E-state index in [2.05, 4.69) is 53.7 Å². The third-order valence-corrected chi connectivity index (χ3v) is 10.7. The van der Waals surface area contributed by atoms with Crippen LogP contribution in [0, 0.1) is 0 Å². The molecule has 1 aliphatic rings. The maximum atomic E-state index is 13.9. The highest BCUT2D eigenvalue weighted by Gasteiger charge is 2.51. The number of rotatable bonds is 30. The first-order valence-electron chi connectivity index (χ1n) is 18.8. The van der Waals surface area contributed by atoms with Gasteiger partial charge in [0.05, 0.1) is 19.8 Å². The summed E-state index contributed by atoms with van der Waals surface area (Å²) in [7, 11) is -3.84. The molecular weight excluding hydrogens is 651 g/mol. The number of benzene rings is 1. The molecule has 1 fully saturated rings. The lowest BCUT2D eigenvalue weighted by atomic mass is 9.95. The van der Waals surface area contributed by atoms with Gasteiger partial charge in [-0.15, -0.1) is 0 Å². The second kappa shape index (κ2) is 27.2. The summed E-state index contributed by atoms with van der Waals surface area (Å²) in [6, 6.07) is 10.2. The molecule has 48 heavy (non-hydrogen) atoms. The van der Waals surface area contributed by atoms with Gasteiger partial charge in [-0.25, -0.2) is 4.57 Å². The van der Waals surface area contributed by atoms with Crippen LogP contribution in [-0.2, 0) is 41.8 Å². The molecule has 6 atom stereocenters. The van der Waals surface area contributed by atoms with E-state index < -0.39 is 37.7 Å². The molecule has 1 saturated heterocycles. The fourth-order valence-electron chi connectivity index (χ4n) is 5.04. The van der Waals surface area contributed by atoms with Gasteiger partial charge in [0.1, 0.15) is 36.0 Å². The maximum absolute atomic E-state index is 13.9. The molecular formula is C37H67O9PS. The Morgan fingerprint density at radius 1 is 0.625 bits per heavy atom. The summed E-state index contributed by atoms with van der Waals surface area (Å²) in [5.41, 5.74) is -0.405. The number of phosphoric acid groups is 1. The maximum Gasteiger partial charge on any atom is 0.474 e. The third kappa shape index (κ3) is 16.7. The van der Waals surface area contributed by atoms with Crippen LogP contribution < -0.4 is 0 Å². The van der Waals surface area contributed by atoms with E-state index in [9.17, 15) is 4.57 Å². The Kier molecular flexibility index (Phi) is 24.7. The Morgan fingerprint density at radius 3 is 1.65 bits per heavy atom. The summed E-state index contributed by atoms with van der Waals surface area (Å²) in [6.07, 6.45) is 8.48. The van der Waals surface area contributed by atoms with Crippen molar-refractivity contribution >= 4 is 19.6 Å². The average molecular weight is 719 g/mol. The number of thioether (sulfide) groups is 1. The van der Waals surface area contributed by atoms with Crippen molar-refractivity contribution in [3.63, 3.8) is 0 Å². The molecule has 3 unspecified atom stereocenters. The van der Waals surface area contributed by atoms with E-state index in [1.807, 2.05) is 18.2 Å². The summed E-state index contributed by atoms with van der Waals surface area (Å²) >= 11 is 1.62. The lowest BCUT2D eigenvalue weighted by Gasteiger charge is -2.48. The van der Waals surface area contributed by atoms with Crippen molar-refractivity contribution in [3.05, 3.63) is 30.3 Å². The van der Waals surface area contributed by atoms with E-state index in [1.165, 1.54) is 0 Å². The molecule has 2 rings (SSSR count). The Bertz CT molecular complexity index is 929. The summed E-state index contributed by atoms with van der Waals surface area (Å²) in [6.45, 7) is 15.5. The molecule has 1 aliphatic heterocycles. The van der Waals surface area contributed by atoms with E-state index in [1.54, 1.807) is 11.8 Å². The molecule has 11 heteroatoms. The minimum Gasteiger partial charge on any atom is -0.373 e. The van der Waals surface area contributed by atoms with Crippen LogP contribution in [0.5, 0.6) is 0 Å². The van der Waals surface area contributed by atoms with Crippen LogP contribution in [-0.4, -0.2) is 82.2 Å². The number of unbranched alkanes of at least 4 members (excludes halogenated alkanes) is 6. The van der Waals surface area contributed by atoms with Crippen molar-refractivity contribution in [2.75, 3.05) is 46.2 Å². The smallest absolute Gasteiger partial charge is 0.373 e. The first-order valence-corrected chi connectivity index (χ1v) is 21.2. The van der Waals surface area contributed by atoms with Gasteiger partial charge in [-0.05, 0) is 50.7 Å². The SMILES string of the molecule is CCCCOC1C(OCCCC)[C@@H](Sc2ccccc2)OC([C@@H](COP(=O)(OCCCC)OCCCC)OCCCC)[C@H]1OCCCC. The Hall–Kier alpha value is -0.520. The van der Waals surface area contributed by atoms with Crippen LogP contribution in [0.1, 0.15) is 119 Å². The van der Waals surface area contributed by atoms with Crippen molar-refractivity contribution in [1.29, 1.82) is 0 Å². The number of hydrogen-bond donors (Lipinski definition) is 0. The molecule has 0 aliphatic carbocycles. The van der Waals surface area contributed by atoms with Gasteiger partial charge in [0.15, 0.2) is 0 Å². The van der Waals surface area contributed by atoms with Crippen LogP contribution >= 0.6 is 19.6 Å². The van der Waals surface area contributed by atoms with Crippen LogP contribution in [0.15, 0.2) is 35.2 Å². The van der Waals surface area contributed by atoms with E-state index in [0.717, 1.165) is 81.9 Å². The monoisotopic (exact) mass is 718 g/mol. The van der Waals surface area contributed by atoms with Gasteiger partial charge in [0.2, 0.25) is 0 Å². The number of hydrogen-bond acceptors (Lipinski definition) is 10. The van der Waals surface area contributed by atoms with Crippen LogP contribution in [0.4, 0.5) is 0 Å². The highest BCUT2D eigenvalue weighted by atomic mass is 32.2. The van der Waals surface area contributed by atoms with Gasteiger partial charge < -0.3 is 23.7 Å². The summed E-state index contributed by atoms with van der Waals surface area (Å²) < 4.78 is 65.1. The summed E-state index contributed by atoms with van der Waals surface area (Å²) in [4.78, 5) is 1.07. The van der Waals surface area contributed by atoms with Crippen molar-refractivity contribution in [1.82, 2.24) is 0 Å². The fraction of sp³-hybridized carbons (Fsp3) is 0.838. The van der Waals surface area contributed by atoms with Crippen LogP contribution in [0.3, 0.4) is 0 Å². The predicted octanol–water partition coefficient (Wildman–Crippen LogP) is 10.0. The minimum atomic E-state index is -3.84. The molecule has 1 aromatic carbocycles. The van der Waals surface area contributed by atoms with Gasteiger partial charge in [0, 0.05) is 31.3 Å². The third-order valence-electron chi connectivity index (χ3n) is 8.04. The summed E-state index contributed by atoms with van der Waals surface area (Å²) in [5, 5.41) is 0. The minimum absolute atomic E-state index is 0.0384. The summed E-state index contributed by atoms with van der Waals surface area (Å²) in [5.74, 6) is 0. The number of phosphoric ester groups is 1. The molecule has 0 bridgehead atoms. The van der Waals surface area contributed by atoms with Gasteiger partial charge in [0.25, 0.3) is 0 Å². The predicted molar refractivity (Wildman–Crippen MR) is 195 cm³/mol. The van der Waals surface area contributed by atoms with Crippen molar-refractivity contribution in [2.24, 2.45) is 0 Å². The highest BCUT2D eigenvalue weighted by Crippen LogP contribution is 2.50. The molecule has 9 nitrogen and oxygen atoms in total. The molecule has 0 saturated carbocycles. The zero-order chi connectivity index (χ0) is 34.9. The lowest BCUT2D eigenvalue weighted by Crippen LogP contribution is -2.63. The Balaban J connectivity index is 2.52. The topological polar surface area (TPSA) is 90.9 Å². The van der Waals surface area contributed by atoms with E-state index in [0.29, 0.717) is 39.6 Å². The number of ether oxygens (including phenoxy) is 5. The van der Waals surface area contributed by atoms with Gasteiger partial charge in [-0.3, -0.25) is 13.6 Å². The fourth-order valence-corrected chi connectivity index (χ4v) is 7.44. The first-order chi connectivity index (χ1) is 23.5. The van der Waals surface area contributed by atoms with E-state index >= 15 is 0 Å². The van der Waals surface area contributed by atoms with Gasteiger partial charge in [-0.1, -0.05) is 110 Å². The van der Waals surface area contributed by atoms with Crippen molar-refractivity contribution in [3.8, 4) is 0 Å². The molecule has 0 radical (unpaired) electrons. The van der Waals surface area contributed by atoms with E-state index in [-0.39, 0.29) is 12.7 Å². The lowest BCUT2D eigenvalue weighted by molar-refractivity contribution is -0.262. The molecule has 0 N–H and O–H groups in total. The molecule has 1 heterocycles. The average Bonchev–Trinajstić information content (AvgIpc) is 3.09. The normalized spacial score (nSPS) is 22.2. The van der Waals surface area contributed by atoms with Crippen molar-refractivity contribution < 1.29 is 41.8 Å². The van der Waals surface area contributed by atoms with Crippen LogP contribution in [0.25, 0.3) is 0 Å². The quantitative estimate of drug-likeness (QED) is 0.0565. The van der Waals surface area contributed by atoms with Crippen LogP contribution in [0.2, 0.25) is 0 Å². The molecule has 0 spiro atoms. The van der Waals surface area contributed by atoms with Gasteiger partial charge in [-0.2, -0.15) is 0 Å². The second-order valence-electron chi connectivity index (χ2n) is 12.3. The molecule has 280 valence electrons. The molecule has 1 aromatic rings. The second-order valence-corrected chi connectivity index (χ2v) is 15.2. The first kappa shape index (κ1) is 43.6. The Morgan fingerprint density at radius 2 is 1.10 bits per heavy atom. The Labute approximate surface area is 296 Å². The zero-order valence-corrected chi connectivity index (χ0v) is 32.5. The highest BCUT2D eigenvalue weighted by molar-refractivity contribution is 7.99. The van der Waals surface area contributed by atoms with E-state index in [4.69, 9.17) is 37.3 Å². The largest absolute Gasteiger partial charge is 0.474 e. The van der Waals surface area contributed by atoms with Gasteiger partial charge >= 0.3 is 7.82 Å². The molecule has 0 amide bonds. The zero-order valence-electron chi connectivity index (χ0n) is 30.8. The molecule has 0 aromatic heterocycles. The standard InChI is InChI=1S/C37H67O9PS/c1-7-13-24-39-32(30-45-47(38,43-28-17-11-5)44-29-18-12-6)33-34(40-25-14-8-2)35(41-26-15-9-3)36(42-27-16-10-4)37(46-33)48-31-22-20-19-21-23-31/h19-23,32-37H,7-18,24-30H2,1-6H3/t32-,33?,34-,35?,36?,37-/m1/s1.